The number of benzene rings is 2. The van der Waals surface area contributed by atoms with Crippen LogP contribution in [0, 0.1) is 0 Å². The van der Waals surface area contributed by atoms with Crippen molar-refractivity contribution in [2.45, 2.75) is 71.2 Å². The molecule has 0 unspecified atom stereocenters. The van der Waals surface area contributed by atoms with E-state index >= 15 is 0 Å². The summed E-state index contributed by atoms with van der Waals surface area (Å²) >= 11 is 0. The molecule has 0 heterocycles. The Morgan fingerprint density at radius 3 is 1.94 bits per heavy atom. The van der Waals surface area contributed by atoms with Crippen LogP contribution in [0.3, 0.4) is 0 Å². The Kier molecular flexibility index (Phi) is 9.02. The van der Waals surface area contributed by atoms with E-state index in [1.54, 1.807) is 34.6 Å². The Labute approximate surface area is 195 Å². The molecule has 0 aliphatic rings. The second-order valence-electron chi connectivity index (χ2n) is 9.59. The van der Waals surface area contributed by atoms with Crippen molar-refractivity contribution in [3.63, 3.8) is 0 Å². The molecule has 0 fully saturated rings. The molecule has 0 bridgehead atoms. The van der Waals surface area contributed by atoms with Gasteiger partial charge in [0.15, 0.2) is 0 Å². The SMILES string of the molecule is CC(C)(CC(=O)N[C@@H](Cc1ccccc1)C(=O)OCc1ccccc1)NC(=O)OC(C)(C)C. The molecule has 2 N–H and O–H groups in total. The number of esters is 1. The van der Waals surface area contributed by atoms with Gasteiger partial charge in [0.1, 0.15) is 18.2 Å². The highest BCUT2D eigenvalue weighted by Crippen LogP contribution is 2.13. The summed E-state index contributed by atoms with van der Waals surface area (Å²) in [6.07, 6.45) is -0.354. The first kappa shape index (κ1) is 25.9. The normalized spacial score (nSPS) is 12.4. The summed E-state index contributed by atoms with van der Waals surface area (Å²) in [5, 5.41) is 5.48. The van der Waals surface area contributed by atoms with Crippen molar-refractivity contribution in [3.05, 3.63) is 71.8 Å². The minimum Gasteiger partial charge on any atom is -0.459 e. The Morgan fingerprint density at radius 1 is 0.848 bits per heavy atom. The van der Waals surface area contributed by atoms with Crippen LogP contribution in [0.15, 0.2) is 60.7 Å². The lowest BCUT2D eigenvalue weighted by Gasteiger charge is -2.28. The van der Waals surface area contributed by atoms with E-state index in [0.29, 0.717) is 6.42 Å². The highest BCUT2D eigenvalue weighted by molar-refractivity contribution is 5.85. The lowest BCUT2D eigenvalue weighted by molar-refractivity contribution is -0.149. The maximum Gasteiger partial charge on any atom is 0.408 e. The van der Waals surface area contributed by atoms with Gasteiger partial charge in [0.25, 0.3) is 0 Å². The molecule has 0 aromatic heterocycles. The van der Waals surface area contributed by atoms with Gasteiger partial charge in [-0.2, -0.15) is 0 Å². The van der Waals surface area contributed by atoms with Crippen LogP contribution in [0.5, 0.6) is 0 Å². The van der Waals surface area contributed by atoms with Crippen molar-refractivity contribution >= 4 is 18.0 Å². The molecule has 2 amide bonds. The zero-order valence-electron chi connectivity index (χ0n) is 20.0. The number of carbonyl (C=O) groups excluding carboxylic acids is 3. The van der Waals surface area contributed by atoms with Gasteiger partial charge in [0.2, 0.25) is 5.91 Å². The van der Waals surface area contributed by atoms with E-state index in [9.17, 15) is 14.4 Å². The average Bonchev–Trinajstić information content (AvgIpc) is 2.70. The molecule has 7 heteroatoms. The van der Waals surface area contributed by atoms with E-state index in [0.717, 1.165) is 11.1 Å². The van der Waals surface area contributed by atoms with Gasteiger partial charge in [-0.25, -0.2) is 9.59 Å². The van der Waals surface area contributed by atoms with Crippen molar-refractivity contribution < 1.29 is 23.9 Å². The number of hydrogen-bond donors (Lipinski definition) is 2. The predicted octanol–water partition coefficient (Wildman–Crippen LogP) is 4.15. The lowest BCUT2D eigenvalue weighted by atomic mass is 9.99. The van der Waals surface area contributed by atoms with Crippen LogP contribution in [-0.4, -0.2) is 35.2 Å². The quantitative estimate of drug-likeness (QED) is 0.555. The van der Waals surface area contributed by atoms with E-state index in [1.165, 1.54) is 0 Å². The fourth-order valence-corrected chi connectivity index (χ4v) is 3.14. The first-order valence-electron chi connectivity index (χ1n) is 11.0. The van der Waals surface area contributed by atoms with Gasteiger partial charge < -0.3 is 20.1 Å². The van der Waals surface area contributed by atoms with Gasteiger partial charge in [0, 0.05) is 18.4 Å². The third-order valence-electron chi connectivity index (χ3n) is 4.57. The van der Waals surface area contributed by atoms with Gasteiger partial charge in [-0.1, -0.05) is 60.7 Å². The highest BCUT2D eigenvalue weighted by atomic mass is 16.6. The Bertz CT molecular complexity index is 921. The minimum atomic E-state index is -0.877. The summed E-state index contributed by atoms with van der Waals surface area (Å²) in [6.45, 7) is 8.85. The van der Waals surface area contributed by atoms with Crippen molar-refractivity contribution in [1.82, 2.24) is 10.6 Å². The van der Waals surface area contributed by atoms with Gasteiger partial charge in [-0.3, -0.25) is 4.79 Å². The summed E-state index contributed by atoms with van der Waals surface area (Å²) in [7, 11) is 0. The Morgan fingerprint density at radius 2 is 1.39 bits per heavy atom. The Hall–Kier alpha value is -3.35. The summed E-state index contributed by atoms with van der Waals surface area (Å²) in [6, 6.07) is 17.9. The summed E-state index contributed by atoms with van der Waals surface area (Å²) < 4.78 is 10.7. The summed E-state index contributed by atoms with van der Waals surface area (Å²) in [5.74, 6) is -0.900. The van der Waals surface area contributed by atoms with Gasteiger partial charge in [0.05, 0.1) is 0 Å². The highest BCUT2D eigenvalue weighted by Gasteiger charge is 2.30. The van der Waals surface area contributed by atoms with Gasteiger partial charge in [-0.05, 0) is 45.7 Å². The molecule has 0 aliphatic carbocycles. The number of ether oxygens (including phenoxy) is 2. The fourth-order valence-electron chi connectivity index (χ4n) is 3.14. The van der Waals surface area contributed by atoms with Crippen LogP contribution in [0.25, 0.3) is 0 Å². The Balaban J connectivity index is 2.02. The van der Waals surface area contributed by atoms with Gasteiger partial charge in [-0.15, -0.1) is 0 Å². The lowest BCUT2D eigenvalue weighted by Crippen LogP contribution is -2.51. The molecule has 2 aromatic carbocycles. The smallest absolute Gasteiger partial charge is 0.408 e. The molecule has 0 saturated heterocycles. The number of carbonyl (C=O) groups is 3. The predicted molar refractivity (Wildman–Crippen MR) is 126 cm³/mol. The maximum atomic E-state index is 12.8. The van der Waals surface area contributed by atoms with E-state index in [1.807, 2.05) is 60.7 Å². The number of amides is 2. The van der Waals surface area contributed by atoms with Crippen molar-refractivity contribution in [2.75, 3.05) is 0 Å². The van der Waals surface area contributed by atoms with Crippen molar-refractivity contribution in [3.8, 4) is 0 Å². The molecule has 1 atom stereocenters. The number of hydrogen-bond acceptors (Lipinski definition) is 5. The van der Waals surface area contributed by atoms with E-state index < -0.39 is 29.2 Å². The zero-order chi connectivity index (χ0) is 24.5. The second kappa shape index (κ2) is 11.5. The van der Waals surface area contributed by atoms with E-state index in [-0.39, 0.29) is 18.9 Å². The standard InChI is InChI=1S/C26H34N2O5/c1-25(2,3)33-24(31)28-26(4,5)17-22(29)27-21(16-19-12-8-6-9-13-19)23(30)32-18-20-14-10-7-11-15-20/h6-15,21H,16-18H2,1-5H3,(H,27,29)(H,28,31)/t21-/m0/s1. The molecule has 7 nitrogen and oxygen atoms in total. The average molecular weight is 455 g/mol. The van der Waals surface area contributed by atoms with Crippen LogP contribution in [0.4, 0.5) is 4.79 Å². The first-order chi connectivity index (χ1) is 15.4. The summed E-state index contributed by atoms with van der Waals surface area (Å²) in [5.41, 5.74) is 0.229. The molecule has 0 saturated carbocycles. The van der Waals surface area contributed by atoms with Crippen molar-refractivity contribution in [2.24, 2.45) is 0 Å². The molecular weight excluding hydrogens is 420 g/mol. The molecule has 2 rings (SSSR count). The van der Waals surface area contributed by atoms with Crippen LogP contribution in [-0.2, 0) is 32.1 Å². The van der Waals surface area contributed by atoms with Crippen LogP contribution >= 0.6 is 0 Å². The topological polar surface area (TPSA) is 93.7 Å². The number of rotatable bonds is 9. The maximum absolute atomic E-state index is 12.8. The van der Waals surface area contributed by atoms with E-state index in [2.05, 4.69) is 10.6 Å². The van der Waals surface area contributed by atoms with Crippen LogP contribution in [0.1, 0.15) is 52.2 Å². The monoisotopic (exact) mass is 454 g/mol. The zero-order valence-corrected chi connectivity index (χ0v) is 20.0. The van der Waals surface area contributed by atoms with Crippen LogP contribution in [0.2, 0.25) is 0 Å². The number of alkyl carbamates (subject to hydrolysis) is 1. The van der Waals surface area contributed by atoms with Gasteiger partial charge >= 0.3 is 12.1 Å². The molecule has 0 spiro atoms. The molecule has 0 aliphatic heterocycles. The van der Waals surface area contributed by atoms with Crippen molar-refractivity contribution in [1.29, 1.82) is 0 Å². The third-order valence-corrected chi connectivity index (χ3v) is 4.57. The second-order valence-corrected chi connectivity index (χ2v) is 9.59. The largest absolute Gasteiger partial charge is 0.459 e. The van der Waals surface area contributed by atoms with Crippen LogP contribution < -0.4 is 10.6 Å². The molecule has 0 radical (unpaired) electrons. The molecule has 33 heavy (non-hydrogen) atoms. The molecule has 178 valence electrons. The minimum absolute atomic E-state index is 0.0382. The number of nitrogens with one attached hydrogen (secondary N) is 2. The molecular formula is C26H34N2O5. The van der Waals surface area contributed by atoms with E-state index in [4.69, 9.17) is 9.47 Å². The third kappa shape index (κ3) is 10.2. The first-order valence-corrected chi connectivity index (χ1v) is 11.0. The fraction of sp³-hybridized carbons (Fsp3) is 0.423. The summed E-state index contributed by atoms with van der Waals surface area (Å²) in [4.78, 5) is 37.7. The molecule has 2 aromatic rings.